The molecule has 1 aromatic heterocycles. The van der Waals surface area contributed by atoms with E-state index >= 15 is 0 Å². The molecular weight excluding hydrogens is 398 g/mol. The van der Waals surface area contributed by atoms with Gasteiger partial charge in [-0.15, -0.1) is 11.3 Å². The lowest BCUT2D eigenvalue weighted by molar-refractivity contribution is -0.121. The van der Waals surface area contributed by atoms with E-state index in [1.165, 1.54) is 11.3 Å². The fraction of sp³-hybridized carbons (Fsp3) is 0.522. The first-order chi connectivity index (χ1) is 14.6. The number of nitrogens with one attached hydrogen (secondary N) is 1. The maximum atomic E-state index is 13.7. The maximum Gasteiger partial charge on any atom is 0.254 e. The summed E-state index contributed by atoms with van der Waals surface area (Å²) in [7, 11) is 0. The highest BCUT2D eigenvalue weighted by Crippen LogP contribution is 2.51. The second-order valence-electron chi connectivity index (χ2n) is 8.67. The zero-order chi connectivity index (χ0) is 20.7. The van der Waals surface area contributed by atoms with Crippen molar-refractivity contribution in [2.24, 2.45) is 0 Å². The van der Waals surface area contributed by atoms with Crippen molar-refractivity contribution in [2.75, 3.05) is 18.5 Å². The second kappa shape index (κ2) is 7.78. The average Bonchev–Trinajstić information content (AvgIpc) is 3.49. The molecule has 0 unspecified atom stereocenters. The number of thiazole rings is 1. The predicted molar refractivity (Wildman–Crippen MR) is 116 cm³/mol. The number of carbonyl (C=O) groups excluding carboxylic acids is 2. The van der Waals surface area contributed by atoms with Crippen molar-refractivity contribution in [3.8, 4) is 0 Å². The van der Waals surface area contributed by atoms with E-state index in [1.54, 1.807) is 0 Å². The third-order valence-corrected chi connectivity index (χ3v) is 7.69. The number of nitrogens with zero attached hydrogens (tertiary/aromatic N) is 2. The molecule has 1 spiro atoms. The summed E-state index contributed by atoms with van der Waals surface area (Å²) in [6.45, 7) is 3.24. The molecule has 2 atom stereocenters. The number of hydrogen-bond acceptors (Lipinski definition) is 5. The van der Waals surface area contributed by atoms with Gasteiger partial charge in [0.15, 0.2) is 5.13 Å². The summed E-state index contributed by atoms with van der Waals surface area (Å²) in [5.74, 6) is -0.430. The summed E-state index contributed by atoms with van der Waals surface area (Å²) in [5.41, 5.74) is 1.89. The molecule has 0 bridgehead atoms. The number of anilines is 1. The molecule has 1 saturated carbocycles. The van der Waals surface area contributed by atoms with Crippen molar-refractivity contribution in [2.45, 2.75) is 63.0 Å². The van der Waals surface area contributed by atoms with Crippen molar-refractivity contribution in [3.63, 3.8) is 0 Å². The lowest BCUT2D eigenvalue weighted by atomic mass is 9.71. The lowest BCUT2D eigenvalue weighted by Gasteiger charge is -2.50. The third kappa shape index (κ3) is 3.24. The Labute approximate surface area is 180 Å². The molecule has 6 nitrogen and oxygen atoms in total. The van der Waals surface area contributed by atoms with E-state index in [0.717, 1.165) is 56.4 Å². The zero-order valence-corrected chi connectivity index (χ0v) is 18.0. The normalized spacial score (nSPS) is 25.0. The molecule has 1 aliphatic carbocycles. The summed E-state index contributed by atoms with van der Waals surface area (Å²) in [4.78, 5) is 33.7. The highest BCUT2D eigenvalue weighted by molar-refractivity contribution is 7.13. The molecular formula is C23H27N3O3S. The average molecular weight is 426 g/mol. The number of hydrogen-bond donors (Lipinski definition) is 1. The van der Waals surface area contributed by atoms with Gasteiger partial charge in [0.05, 0.1) is 23.3 Å². The first-order valence-electron chi connectivity index (χ1n) is 10.8. The second-order valence-corrected chi connectivity index (χ2v) is 9.52. The van der Waals surface area contributed by atoms with E-state index in [0.29, 0.717) is 17.2 Å². The van der Waals surface area contributed by atoms with Gasteiger partial charge in [-0.3, -0.25) is 9.59 Å². The molecule has 1 saturated heterocycles. The van der Waals surface area contributed by atoms with E-state index in [9.17, 15) is 9.59 Å². The predicted octanol–water partition coefficient (Wildman–Crippen LogP) is 4.12. The van der Waals surface area contributed by atoms with Crippen LogP contribution in [0.2, 0.25) is 0 Å². The number of rotatable bonds is 4. The zero-order valence-electron chi connectivity index (χ0n) is 17.2. The van der Waals surface area contributed by atoms with Gasteiger partial charge in [0.2, 0.25) is 5.91 Å². The highest BCUT2D eigenvalue weighted by atomic mass is 32.1. The largest absolute Gasteiger partial charge is 0.376 e. The summed E-state index contributed by atoms with van der Waals surface area (Å²) in [6.07, 6.45) is 5.79. The molecule has 5 rings (SSSR count). The van der Waals surface area contributed by atoms with Crippen LogP contribution < -0.4 is 5.32 Å². The molecule has 2 amide bonds. The van der Waals surface area contributed by atoms with Crippen molar-refractivity contribution in [1.82, 2.24) is 9.88 Å². The van der Waals surface area contributed by atoms with Gasteiger partial charge in [0.1, 0.15) is 0 Å². The number of carbonyl (C=O) groups is 2. The summed E-state index contributed by atoms with van der Waals surface area (Å²) >= 11 is 1.44. The molecule has 2 fully saturated rings. The minimum Gasteiger partial charge on any atom is -0.376 e. The maximum absolute atomic E-state index is 13.7. The number of aromatic nitrogens is 1. The number of amides is 2. The number of benzene rings is 1. The van der Waals surface area contributed by atoms with Crippen LogP contribution in [0.1, 0.15) is 66.1 Å². The van der Waals surface area contributed by atoms with Gasteiger partial charge in [-0.05, 0) is 44.2 Å². The summed E-state index contributed by atoms with van der Waals surface area (Å²) < 4.78 is 5.89. The van der Waals surface area contributed by atoms with Gasteiger partial charge in [-0.25, -0.2) is 4.98 Å². The molecule has 3 aliphatic rings. The monoisotopic (exact) mass is 425 g/mol. The van der Waals surface area contributed by atoms with E-state index in [1.807, 2.05) is 41.5 Å². The Morgan fingerprint density at radius 3 is 2.80 bits per heavy atom. The van der Waals surface area contributed by atoms with Crippen molar-refractivity contribution < 1.29 is 14.3 Å². The number of ether oxygens (including phenoxy) is 1. The Bertz CT molecular complexity index is 960. The van der Waals surface area contributed by atoms with Gasteiger partial charge in [0, 0.05) is 24.1 Å². The Morgan fingerprint density at radius 1 is 1.30 bits per heavy atom. The molecule has 158 valence electrons. The number of fused-ring (bicyclic) bond motifs is 1. The smallest absolute Gasteiger partial charge is 0.254 e. The van der Waals surface area contributed by atoms with Crippen LogP contribution in [-0.2, 0) is 9.53 Å². The Morgan fingerprint density at radius 2 is 2.10 bits per heavy atom. The van der Waals surface area contributed by atoms with E-state index in [2.05, 4.69) is 10.3 Å². The Hall–Kier alpha value is -2.25. The molecule has 7 heteroatoms. The van der Waals surface area contributed by atoms with Gasteiger partial charge in [-0.2, -0.15) is 0 Å². The van der Waals surface area contributed by atoms with Crippen molar-refractivity contribution in [3.05, 3.63) is 46.5 Å². The van der Waals surface area contributed by atoms with E-state index < -0.39 is 11.5 Å². The van der Waals surface area contributed by atoms with Crippen molar-refractivity contribution >= 4 is 28.3 Å². The van der Waals surface area contributed by atoms with E-state index in [4.69, 9.17) is 4.74 Å². The fourth-order valence-corrected chi connectivity index (χ4v) is 6.20. The molecule has 30 heavy (non-hydrogen) atoms. The van der Waals surface area contributed by atoms with Crippen molar-refractivity contribution in [1.29, 1.82) is 0 Å². The Kier molecular flexibility index (Phi) is 5.11. The van der Waals surface area contributed by atoms with Gasteiger partial charge in [0.25, 0.3) is 5.91 Å². The quantitative estimate of drug-likeness (QED) is 0.800. The van der Waals surface area contributed by atoms with Gasteiger partial charge in [-0.1, -0.05) is 31.0 Å². The molecule has 2 aliphatic heterocycles. The number of aryl methyl sites for hydroxylation is 1. The minimum atomic E-state index is -0.492. The van der Waals surface area contributed by atoms with Crippen LogP contribution in [-0.4, -0.2) is 46.5 Å². The van der Waals surface area contributed by atoms with Gasteiger partial charge >= 0.3 is 0 Å². The lowest BCUT2D eigenvalue weighted by Crippen LogP contribution is -2.61. The van der Waals surface area contributed by atoms with Crippen LogP contribution in [0.5, 0.6) is 0 Å². The Balaban J connectivity index is 1.57. The minimum absolute atomic E-state index is 0.0390. The first kappa shape index (κ1) is 19.7. The molecule has 3 heterocycles. The van der Waals surface area contributed by atoms with Crippen LogP contribution in [0.4, 0.5) is 5.13 Å². The van der Waals surface area contributed by atoms with Crippen LogP contribution >= 0.6 is 11.3 Å². The molecule has 2 aromatic rings. The first-order valence-corrected chi connectivity index (χ1v) is 11.7. The standard InChI is InChI=1S/C23H27N3O3S/c1-15-14-30-22(24-15)25-20(27)19-17-8-2-3-9-18(17)21(28)26(13-16-7-6-12-29-16)23(19)10-4-5-11-23/h2-3,8-9,14,16,19H,4-7,10-13H2,1H3,(H,24,25,27)/t16-,19-/m0/s1. The van der Waals surface area contributed by atoms with Crippen LogP contribution in [0.3, 0.4) is 0 Å². The molecule has 1 aromatic carbocycles. The van der Waals surface area contributed by atoms with Gasteiger partial charge < -0.3 is 15.0 Å². The summed E-state index contributed by atoms with van der Waals surface area (Å²) in [5, 5.41) is 5.60. The molecule has 1 N–H and O–H groups in total. The molecule has 0 radical (unpaired) electrons. The fourth-order valence-electron chi connectivity index (χ4n) is 5.51. The van der Waals surface area contributed by atoms with Crippen LogP contribution in [0.15, 0.2) is 29.6 Å². The SMILES string of the molecule is Cc1csc(NC(=O)[C@@H]2c3ccccc3C(=O)N(C[C@@H]3CCCO3)C23CCCC3)n1. The van der Waals surface area contributed by atoms with E-state index in [-0.39, 0.29) is 17.9 Å². The van der Waals surface area contributed by atoms with Crippen LogP contribution in [0, 0.1) is 6.92 Å². The topological polar surface area (TPSA) is 71.5 Å². The third-order valence-electron chi connectivity index (χ3n) is 6.81. The highest BCUT2D eigenvalue weighted by Gasteiger charge is 2.56. The summed E-state index contributed by atoms with van der Waals surface area (Å²) in [6, 6.07) is 7.62. The van der Waals surface area contributed by atoms with Crippen LogP contribution in [0.25, 0.3) is 0 Å².